The number of rotatable bonds is 6. The Morgan fingerprint density at radius 2 is 1.74 bits per heavy atom. The molecule has 0 unspecified atom stereocenters. The van der Waals surface area contributed by atoms with Crippen LogP contribution in [0.15, 0.2) is 54.6 Å². The van der Waals surface area contributed by atoms with Crippen LogP contribution in [0, 0.1) is 0 Å². The van der Waals surface area contributed by atoms with E-state index < -0.39 is 0 Å². The second-order valence-corrected chi connectivity index (χ2v) is 5.98. The second kappa shape index (κ2) is 8.53. The second-order valence-electron chi connectivity index (χ2n) is 5.59. The van der Waals surface area contributed by atoms with Crippen LogP contribution in [0.5, 0.6) is 5.75 Å². The van der Waals surface area contributed by atoms with Gasteiger partial charge in [-0.15, -0.1) is 0 Å². The van der Waals surface area contributed by atoms with Gasteiger partial charge in [0.2, 0.25) is 0 Å². The van der Waals surface area contributed by atoms with E-state index in [0.717, 1.165) is 23.1 Å². The lowest BCUT2D eigenvalue weighted by atomic mass is 10.2. The first-order chi connectivity index (χ1) is 11.1. The standard InChI is InChI=1S/C19H24N2OS/c1-4-22-18-12-10-17(11-13-18)20-19(23)21(15(2)3)14-16-8-6-5-7-9-16/h5-13,15H,4,14H2,1-3H3,(H,20,23). The van der Waals surface area contributed by atoms with E-state index in [1.807, 2.05) is 37.3 Å². The molecule has 0 bridgehead atoms. The summed E-state index contributed by atoms with van der Waals surface area (Å²) < 4.78 is 5.46. The molecule has 0 aliphatic rings. The van der Waals surface area contributed by atoms with Crippen LogP contribution in [0.3, 0.4) is 0 Å². The number of benzene rings is 2. The molecule has 1 N–H and O–H groups in total. The summed E-state index contributed by atoms with van der Waals surface area (Å²) in [5.74, 6) is 0.869. The molecule has 0 saturated heterocycles. The fraction of sp³-hybridized carbons (Fsp3) is 0.316. The molecule has 0 radical (unpaired) electrons. The minimum absolute atomic E-state index is 0.318. The van der Waals surface area contributed by atoms with Crippen molar-refractivity contribution >= 4 is 23.0 Å². The predicted molar refractivity (Wildman–Crippen MR) is 101 cm³/mol. The number of nitrogens with one attached hydrogen (secondary N) is 1. The van der Waals surface area contributed by atoms with Crippen molar-refractivity contribution in [1.29, 1.82) is 0 Å². The van der Waals surface area contributed by atoms with Gasteiger partial charge in [0.1, 0.15) is 5.75 Å². The molecule has 0 aromatic heterocycles. The van der Waals surface area contributed by atoms with Gasteiger partial charge in [0.05, 0.1) is 6.61 Å². The van der Waals surface area contributed by atoms with Gasteiger partial charge in [-0.1, -0.05) is 30.3 Å². The number of hydrogen-bond donors (Lipinski definition) is 1. The van der Waals surface area contributed by atoms with Crippen LogP contribution in [-0.2, 0) is 6.54 Å². The molecule has 0 saturated carbocycles. The Morgan fingerprint density at radius 3 is 2.30 bits per heavy atom. The summed E-state index contributed by atoms with van der Waals surface area (Å²) in [5, 5.41) is 4.04. The molecule has 2 aromatic rings. The summed E-state index contributed by atoms with van der Waals surface area (Å²) in [7, 11) is 0. The fourth-order valence-electron chi connectivity index (χ4n) is 2.27. The van der Waals surface area contributed by atoms with Crippen molar-refractivity contribution in [3.8, 4) is 5.75 Å². The maximum Gasteiger partial charge on any atom is 0.173 e. The zero-order valence-corrected chi connectivity index (χ0v) is 14.8. The van der Waals surface area contributed by atoms with E-state index in [0.29, 0.717) is 12.6 Å². The Balaban J connectivity index is 2.03. The lowest BCUT2D eigenvalue weighted by Gasteiger charge is -2.30. The molecule has 122 valence electrons. The summed E-state index contributed by atoms with van der Waals surface area (Å²) in [6, 6.07) is 18.6. The van der Waals surface area contributed by atoms with E-state index in [1.54, 1.807) is 0 Å². The van der Waals surface area contributed by atoms with Gasteiger partial charge in [0, 0.05) is 18.3 Å². The highest BCUT2D eigenvalue weighted by Crippen LogP contribution is 2.17. The first-order valence-electron chi connectivity index (χ1n) is 7.94. The Bertz CT molecular complexity index is 611. The molecule has 23 heavy (non-hydrogen) atoms. The molecule has 4 heteroatoms. The van der Waals surface area contributed by atoms with Crippen LogP contribution < -0.4 is 10.1 Å². The molecule has 0 fully saturated rings. The lowest BCUT2D eigenvalue weighted by Crippen LogP contribution is -2.39. The quantitative estimate of drug-likeness (QED) is 0.777. The van der Waals surface area contributed by atoms with Crippen LogP contribution in [0.25, 0.3) is 0 Å². The van der Waals surface area contributed by atoms with E-state index in [4.69, 9.17) is 17.0 Å². The van der Waals surface area contributed by atoms with Crippen molar-refractivity contribution in [2.75, 3.05) is 11.9 Å². The monoisotopic (exact) mass is 328 g/mol. The van der Waals surface area contributed by atoms with E-state index in [9.17, 15) is 0 Å². The molecule has 2 rings (SSSR count). The third kappa shape index (κ3) is 5.25. The average molecular weight is 328 g/mol. The molecule has 0 atom stereocenters. The van der Waals surface area contributed by atoms with Gasteiger partial charge in [0.15, 0.2) is 5.11 Å². The van der Waals surface area contributed by atoms with E-state index in [2.05, 4.69) is 48.3 Å². The molecule has 3 nitrogen and oxygen atoms in total. The zero-order valence-electron chi connectivity index (χ0n) is 14.0. The van der Waals surface area contributed by atoms with Crippen molar-refractivity contribution in [3.05, 3.63) is 60.2 Å². The van der Waals surface area contributed by atoms with Crippen LogP contribution >= 0.6 is 12.2 Å². The van der Waals surface area contributed by atoms with Crippen LogP contribution in [0.1, 0.15) is 26.3 Å². The highest BCUT2D eigenvalue weighted by atomic mass is 32.1. The van der Waals surface area contributed by atoms with Crippen molar-refractivity contribution in [2.45, 2.75) is 33.4 Å². The van der Waals surface area contributed by atoms with Crippen molar-refractivity contribution in [1.82, 2.24) is 4.90 Å². The summed E-state index contributed by atoms with van der Waals surface area (Å²) in [6.07, 6.45) is 0. The maximum atomic E-state index is 5.60. The number of hydrogen-bond acceptors (Lipinski definition) is 2. The SMILES string of the molecule is CCOc1ccc(NC(=S)N(Cc2ccccc2)C(C)C)cc1. The molecule has 0 spiro atoms. The summed E-state index contributed by atoms with van der Waals surface area (Å²) in [4.78, 5) is 2.18. The summed E-state index contributed by atoms with van der Waals surface area (Å²) in [5.41, 5.74) is 2.22. The number of anilines is 1. The topological polar surface area (TPSA) is 24.5 Å². The van der Waals surface area contributed by atoms with Crippen molar-refractivity contribution in [3.63, 3.8) is 0 Å². The van der Waals surface area contributed by atoms with Crippen LogP contribution in [-0.4, -0.2) is 22.7 Å². The molecular weight excluding hydrogens is 304 g/mol. The van der Waals surface area contributed by atoms with Gasteiger partial charge in [-0.25, -0.2) is 0 Å². The Kier molecular flexibility index (Phi) is 6.41. The van der Waals surface area contributed by atoms with Gasteiger partial charge < -0.3 is 15.0 Å². The number of ether oxygens (including phenoxy) is 1. The van der Waals surface area contributed by atoms with Crippen molar-refractivity contribution < 1.29 is 4.74 Å². The molecule has 2 aromatic carbocycles. The van der Waals surface area contributed by atoms with Crippen molar-refractivity contribution in [2.24, 2.45) is 0 Å². The average Bonchev–Trinajstić information content (AvgIpc) is 2.55. The van der Waals surface area contributed by atoms with E-state index in [1.165, 1.54) is 5.56 Å². The predicted octanol–water partition coefficient (Wildman–Crippen LogP) is 4.69. The minimum atomic E-state index is 0.318. The minimum Gasteiger partial charge on any atom is -0.494 e. The fourth-order valence-corrected chi connectivity index (χ4v) is 2.66. The first kappa shape index (κ1) is 17.3. The maximum absolute atomic E-state index is 5.60. The lowest BCUT2D eigenvalue weighted by molar-refractivity contribution is 0.340. The smallest absolute Gasteiger partial charge is 0.173 e. The zero-order chi connectivity index (χ0) is 16.7. The first-order valence-corrected chi connectivity index (χ1v) is 8.35. The Labute approximate surface area is 144 Å². The highest BCUT2D eigenvalue weighted by Gasteiger charge is 2.14. The highest BCUT2D eigenvalue weighted by molar-refractivity contribution is 7.80. The molecule has 0 heterocycles. The largest absolute Gasteiger partial charge is 0.494 e. The van der Waals surface area contributed by atoms with Gasteiger partial charge >= 0.3 is 0 Å². The number of nitrogens with zero attached hydrogens (tertiary/aromatic N) is 1. The Morgan fingerprint density at radius 1 is 1.09 bits per heavy atom. The van der Waals surface area contributed by atoms with Crippen LogP contribution in [0.4, 0.5) is 5.69 Å². The Hall–Kier alpha value is -2.07. The molecule has 0 aliphatic carbocycles. The summed E-state index contributed by atoms with van der Waals surface area (Å²) in [6.45, 7) is 7.74. The third-order valence-electron chi connectivity index (χ3n) is 3.50. The van der Waals surface area contributed by atoms with Crippen LogP contribution in [0.2, 0.25) is 0 Å². The van der Waals surface area contributed by atoms with Gasteiger partial charge in [-0.2, -0.15) is 0 Å². The molecule has 0 aliphatic heterocycles. The van der Waals surface area contributed by atoms with Gasteiger partial charge in [-0.3, -0.25) is 0 Å². The van der Waals surface area contributed by atoms with E-state index >= 15 is 0 Å². The normalized spacial score (nSPS) is 10.4. The van der Waals surface area contributed by atoms with Gasteiger partial charge in [0.25, 0.3) is 0 Å². The third-order valence-corrected chi connectivity index (χ3v) is 3.83. The molecule has 0 amide bonds. The molecular formula is C19H24N2OS. The van der Waals surface area contributed by atoms with Gasteiger partial charge in [-0.05, 0) is 62.8 Å². The number of thiocarbonyl (C=S) groups is 1. The van der Waals surface area contributed by atoms with E-state index in [-0.39, 0.29) is 0 Å². The summed E-state index contributed by atoms with van der Waals surface area (Å²) >= 11 is 5.60.